The van der Waals surface area contributed by atoms with Crippen LogP contribution in [0.2, 0.25) is 5.02 Å². The van der Waals surface area contributed by atoms with Crippen LogP contribution in [-0.4, -0.2) is 12.5 Å². The van der Waals surface area contributed by atoms with E-state index in [1.165, 1.54) is 0 Å². The molecule has 0 aromatic heterocycles. The first-order chi connectivity index (χ1) is 10.1. The minimum absolute atomic E-state index is 0.0595. The average Bonchev–Trinajstić information content (AvgIpc) is 2.46. The van der Waals surface area contributed by atoms with Gasteiger partial charge in [0.15, 0.2) is 0 Å². The van der Waals surface area contributed by atoms with Crippen molar-refractivity contribution in [2.24, 2.45) is 0 Å². The van der Waals surface area contributed by atoms with Crippen molar-refractivity contribution < 1.29 is 4.79 Å². The van der Waals surface area contributed by atoms with Crippen LogP contribution >= 0.6 is 11.6 Å². The first-order valence-electron chi connectivity index (χ1n) is 6.88. The number of carbonyl (C=O) groups excluding carboxylic acids is 1. The molecule has 0 unspecified atom stereocenters. The second-order valence-electron chi connectivity index (χ2n) is 4.99. The maximum atomic E-state index is 11.9. The van der Waals surface area contributed by atoms with Crippen LogP contribution in [0.1, 0.15) is 16.7 Å². The lowest BCUT2D eigenvalue weighted by atomic mass is 10.1. The molecule has 0 bridgehead atoms. The van der Waals surface area contributed by atoms with E-state index in [4.69, 9.17) is 11.6 Å². The summed E-state index contributed by atoms with van der Waals surface area (Å²) in [6, 6.07) is 13.5. The van der Waals surface area contributed by atoms with Gasteiger partial charge in [0.05, 0.1) is 6.54 Å². The van der Waals surface area contributed by atoms with Gasteiger partial charge in [-0.15, -0.1) is 0 Å². The second-order valence-corrected chi connectivity index (χ2v) is 5.40. The third-order valence-electron chi connectivity index (χ3n) is 3.44. The van der Waals surface area contributed by atoms with Gasteiger partial charge in [-0.2, -0.15) is 0 Å². The molecule has 0 atom stereocenters. The van der Waals surface area contributed by atoms with Crippen LogP contribution in [0, 0.1) is 13.8 Å². The molecule has 2 aromatic rings. The van der Waals surface area contributed by atoms with Crippen LogP contribution in [0.4, 0.5) is 5.69 Å². The number of halogens is 1. The number of rotatable bonds is 5. The molecule has 0 fully saturated rings. The van der Waals surface area contributed by atoms with E-state index in [1.54, 1.807) is 0 Å². The smallest absolute Gasteiger partial charge is 0.238 e. The first kappa shape index (κ1) is 15.5. The fraction of sp³-hybridized carbons (Fsp3) is 0.235. The predicted octanol–water partition coefficient (Wildman–Crippen LogP) is 3.69. The van der Waals surface area contributed by atoms with Gasteiger partial charge >= 0.3 is 0 Å². The third-order valence-corrected chi connectivity index (χ3v) is 3.81. The van der Waals surface area contributed by atoms with Gasteiger partial charge in [0, 0.05) is 17.3 Å². The van der Waals surface area contributed by atoms with Gasteiger partial charge in [0.2, 0.25) is 5.91 Å². The number of hydrogen-bond acceptors (Lipinski definition) is 2. The number of aryl methyl sites for hydroxylation is 1. The maximum absolute atomic E-state index is 11.9. The van der Waals surface area contributed by atoms with Gasteiger partial charge in [0.25, 0.3) is 0 Å². The number of carbonyl (C=O) groups is 1. The monoisotopic (exact) mass is 302 g/mol. The highest BCUT2D eigenvalue weighted by Gasteiger charge is 2.06. The van der Waals surface area contributed by atoms with Crippen LogP contribution in [-0.2, 0) is 11.3 Å². The Morgan fingerprint density at radius 1 is 1.10 bits per heavy atom. The summed E-state index contributed by atoms with van der Waals surface area (Å²) in [5.74, 6) is -0.0595. The molecule has 0 heterocycles. The Hall–Kier alpha value is -1.84. The zero-order valence-electron chi connectivity index (χ0n) is 12.2. The van der Waals surface area contributed by atoms with Crippen molar-refractivity contribution in [2.45, 2.75) is 20.4 Å². The lowest BCUT2D eigenvalue weighted by Gasteiger charge is -2.11. The fourth-order valence-corrected chi connectivity index (χ4v) is 2.24. The van der Waals surface area contributed by atoms with E-state index in [0.717, 1.165) is 22.4 Å². The van der Waals surface area contributed by atoms with Crippen molar-refractivity contribution in [3.8, 4) is 0 Å². The van der Waals surface area contributed by atoms with E-state index in [2.05, 4.69) is 10.6 Å². The fourth-order valence-electron chi connectivity index (χ4n) is 2.03. The Labute approximate surface area is 130 Å². The molecule has 3 nitrogen and oxygen atoms in total. The van der Waals surface area contributed by atoms with Gasteiger partial charge in [0.1, 0.15) is 0 Å². The lowest BCUT2D eigenvalue weighted by molar-refractivity contribution is -0.115. The Morgan fingerprint density at radius 3 is 2.62 bits per heavy atom. The summed E-state index contributed by atoms with van der Waals surface area (Å²) in [4.78, 5) is 11.9. The Morgan fingerprint density at radius 2 is 1.86 bits per heavy atom. The van der Waals surface area contributed by atoms with Crippen LogP contribution in [0.5, 0.6) is 0 Å². The summed E-state index contributed by atoms with van der Waals surface area (Å²) >= 11 is 6.07. The average molecular weight is 303 g/mol. The summed E-state index contributed by atoms with van der Waals surface area (Å²) in [5, 5.41) is 6.73. The minimum atomic E-state index is -0.0595. The predicted molar refractivity (Wildman–Crippen MR) is 87.7 cm³/mol. The van der Waals surface area contributed by atoms with Crippen molar-refractivity contribution in [3.05, 3.63) is 64.2 Å². The summed E-state index contributed by atoms with van der Waals surface area (Å²) in [7, 11) is 0. The molecule has 0 radical (unpaired) electrons. The SMILES string of the molecule is Cc1cccc(NC(=O)CNCc2ccccc2Cl)c1C. The van der Waals surface area contributed by atoms with Crippen molar-refractivity contribution in [1.82, 2.24) is 5.32 Å². The van der Waals surface area contributed by atoms with Crippen LogP contribution < -0.4 is 10.6 Å². The number of amides is 1. The van der Waals surface area contributed by atoms with Gasteiger partial charge < -0.3 is 10.6 Å². The zero-order valence-corrected chi connectivity index (χ0v) is 13.0. The maximum Gasteiger partial charge on any atom is 0.238 e. The summed E-state index contributed by atoms with van der Waals surface area (Å²) < 4.78 is 0. The molecular formula is C17H19ClN2O. The molecule has 21 heavy (non-hydrogen) atoms. The molecule has 2 aromatic carbocycles. The van der Waals surface area contributed by atoms with Crippen molar-refractivity contribution in [3.63, 3.8) is 0 Å². The highest BCUT2D eigenvalue weighted by molar-refractivity contribution is 6.31. The molecule has 0 aliphatic rings. The normalized spacial score (nSPS) is 10.4. The second kappa shape index (κ2) is 7.25. The number of hydrogen-bond donors (Lipinski definition) is 2. The third kappa shape index (κ3) is 4.31. The van der Waals surface area contributed by atoms with E-state index < -0.39 is 0 Å². The van der Waals surface area contributed by atoms with E-state index in [9.17, 15) is 4.79 Å². The highest BCUT2D eigenvalue weighted by atomic mass is 35.5. The molecule has 0 aliphatic carbocycles. The largest absolute Gasteiger partial charge is 0.325 e. The molecule has 2 rings (SSSR count). The highest BCUT2D eigenvalue weighted by Crippen LogP contribution is 2.17. The molecule has 2 N–H and O–H groups in total. The van der Waals surface area contributed by atoms with Crippen LogP contribution in [0.25, 0.3) is 0 Å². The van der Waals surface area contributed by atoms with Gasteiger partial charge in [-0.25, -0.2) is 0 Å². The van der Waals surface area contributed by atoms with Crippen molar-refractivity contribution in [2.75, 3.05) is 11.9 Å². The Balaban J connectivity index is 1.85. The topological polar surface area (TPSA) is 41.1 Å². The quantitative estimate of drug-likeness (QED) is 0.884. The van der Waals surface area contributed by atoms with E-state index >= 15 is 0 Å². The van der Waals surface area contributed by atoms with E-state index in [1.807, 2.05) is 56.3 Å². The molecule has 0 spiro atoms. The van der Waals surface area contributed by atoms with Crippen LogP contribution in [0.3, 0.4) is 0 Å². The Bertz CT molecular complexity index is 640. The first-order valence-corrected chi connectivity index (χ1v) is 7.26. The molecule has 110 valence electrons. The number of anilines is 1. The van der Waals surface area contributed by atoms with E-state index in [0.29, 0.717) is 11.6 Å². The summed E-state index contributed by atoms with van der Waals surface area (Å²) in [6.07, 6.45) is 0. The standard InChI is InChI=1S/C17H19ClN2O/c1-12-6-5-9-16(13(12)2)20-17(21)11-19-10-14-7-3-4-8-15(14)18/h3-9,19H,10-11H2,1-2H3,(H,20,21). The van der Waals surface area contributed by atoms with Gasteiger partial charge in [-0.05, 0) is 42.7 Å². The number of benzene rings is 2. The van der Waals surface area contributed by atoms with Crippen LogP contribution in [0.15, 0.2) is 42.5 Å². The molecule has 1 amide bonds. The molecular weight excluding hydrogens is 284 g/mol. The van der Waals surface area contributed by atoms with Crippen molar-refractivity contribution >= 4 is 23.2 Å². The summed E-state index contributed by atoms with van der Waals surface area (Å²) in [5.41, 5.74) is 4.10. The zero-order chi connectivity index (χ0) is 15.2. The molecule has 0 aliphatic heterocycles. The van der Waals surface area contributed by atoms with E-state index in [-0.39, 0.29) is 12.5 Å². The van der Waals surface area contributed by atoms with Gasteiger partial charge in [-0.3, -0.25) is 4.79 Å². The van der Waals surface area contributed by atoms with Crippen molar-refractivity contribution in [1.29, 1.82) is 0 Å². The van der Waals surface area contributed by atoms with Gasteiger partial charge in [-0.1, -0.05) is 41.9 Å². The summed E-state index contributed by atoms with van der Waals surface area (Å²) in [6.45, 7) is 4.85. The number of nitrogens with one attached hydrogen (secondary N) is 2. The lowest BCUT2D eigenvalue weighted by Crippen LogP contribution is -2.28. The molecule has 0 saturated heterocycles. The molecule has 0 saturated carbocycles. The minimum Gasteiger partial charge on any atom is -0.325 e. The molecule has 4 heteroatoms. The Kier molecular flexibility index (Phi) is 5.37.